The summed E-state index contributed by atoms with van der Waals surface area (Å²) < 4.78 is 1.76. The van der Waals surface area contributed by atoms with E-state index in [2.05, 4.69) is 15.5 Å². The molecule has 0 bridgehead atoms. The number of hydrogen-bond acceptors (Lipinski definition) is 5. The minimum absolute atomic E-state index is 0.164. The van der Waals surface area contributed by atoms with Crippen molar-refractivity contribution in [3.63, 3.8) is 0 Å². The van der Waals surface area contributed by atoms with Crippen LogP contribution in [0.15, 0.2) is 0 Å². The number of aliphatic carboxylic acids is 1. The lowest BCUT2D eigenvalue weighted by molar-refractivity contribution is -0.137. The number of carbonyl (C=O) groups is 1. The van der Waals surface area contributed by atoms with E-state index in [1.165, 1.54) is 12.8 Å². The topological polar surface area (TPSA) is 80.9 Å². The van der Waals surface area contributed by atoms with E-state index in [0.717, 1.165) is 18.0 Å². The second-order valence-electron chi connectivity index (χ2n) is 4.11. The minimum Gasteiger partial charge on any atom is -0.481 e. The highest BCUT2D eigenvalue weighted by Gasteiger charge is 2.21. The van der Waals surface area contributed by atoms with Crippen LogP contribution in [0, 0.1) is 0 Å². The van der Waals surface area contributed by atoms with Gasteiger partial charge in [-0.2, -0.15) is 11.8 Å². The molecule has 1 aliphatic heterocycles. The SMILES string of the molecule is O=C(O)CCCn1nnnc1C1CCCCS1. The number of carboxylic acids is 1. The van der Waals surface area contributed by atoms with E-state index in [0.29, 0.717) is 18.2 Å². The summed E-state index contributed by atoms with van der Waals surface area (Å²) in [7, 11) is 0. The van der Waals surface area contributed by atoms with E-state index >= 15 is 0 Å². The van der Waals surface area contributed by atoms with Crippen molar-refractivity contribution < 1.29 is 9.90 Å². The fraction of sp³-hybridized carbons (Fsp3) is 0.800. The molecular weight excluding hydrogens is 240 g/mol. The molecule has 17 heavy (non-hydrogen) atoms. The smallest absolute Gasteiger partial charge is 0.303 e. The van der Waals surface area contributed by atoms with Gasteiger partial charge in [0.1, 0.15) is 0 Å². The van der Waals surface area contributed by atoms with E-state index < -0.39 is 5.97 Å². The molecule has 1 fully saturated rings. The quantitative estimate of drug-likeness (QED) is 0.859. The zero-order valence-electron chi connectivity index (χ0n) is 9.58. The maximum absolute atomic E-state index is 10.4. The van der Waals surface area contributed by atoms with Crippen molar-refractivity contribution in [1.29, 1.82) is 0 Å². The molecule has 1 N–H and O–H groups in total. The third-order valence-electron chi connectivity index (χ3n) is 2.79. The van der Waals surface area contributed by atoms with Crippen LogP contribution >= 0.6 is 11.8 Å². The molecule has 1 unspecified atom stereocenters. The fourth-order valence-electron chi connectivity index (χ4n) is 1.93. The van der Waals surface area contributed by atoms with Gasteiger partial charge in [0.2, 0.25) is 0 Å². The molecule has 0 radical (unpaired) electrons. The van der Waals surface area contributed by atoms with Crippen molar-refractivity contribution in [2.45, 2.75) is 43.9 Å². The van der Waals surface area contributed by atoms with Crippen LogP contribution in [0.2, 0.25) is 0 Å². The monoisotopic (exact) mass is 256 g/mol. The van der Waals surface area contributed by atoms with Gasteiger partial charge in [-0.1, -0.05) is 6.42 Å². The predicted molar refractivity (Wildman–Crippen MR) is 63.7 cm³/mol. The van der Waals surface area contributed by atoms with E-state index in [-0.39, 0.29) is 6.42 Å². The van der Waals surface area contributed by atoms with E-state index in [1.807, 2.05) is 11.8 Å². The van der Waals surface area contributed by atoms with E-state index in [9.17, 15) is 4.79 Å². The highest BCUT2D eigenvalue weighted by atomic mass is 32.2. The number of carboxylic acid groups (broad SMARTS) is 1. The van der Waals surface area contributed by atoms with Crippen molar-refractivity contribution in [3.05, 3.63) is 5.82 Å². The van der Waals surface area contributed by atoms with Gasteiger partial charge in [-0.3, -0.25) is 4.79 Å². The maximum Gasteiger partial charge on any atom is 0.303 e. The molecule has 0 aromatic carbocycles. The van der Waals surface area contributed by atoms with Crippen LogP contribution in [0.3, 0.4) is 0 Å². The van der Waals surface area contributed by atoms with Gasteiger partial charge in [0.05, 0.1) is 5.25 Å². The molecule has 7 heteroatoms. The zero-order chi connectivity index (χ0) is 12.1. The van der Waals surface area contributed by atoms with E-state index in [4.69, 9.17) is 5.11 Å². The van der Waals surface area contributed by atoms with Crippen LogP contribution in [0.25, 0.3) is 0 Å². The Balaban J connectivity index is 1.93. The third-order valence-corrected chi connectivity index (χ3v) is 4.16. The van der Waals surface area contributed by atoms with Crippen molar-refractivity contribution in [2.75, 3.05) is 5.75 Å². The largest absolute Gasteiger partial charge is 0.481 e. The van der Waals surface area contributed by atoms with Gasteiger partial charge in [-0.05, 0) is 35.4 Å². The standard InChI is InChI=1S/C10H16N4O2S/c15-9(16)5-3-6-14-10(11-12-13-14)8-4-1-2-7-17-8/h8H,1-7H2,(H,15,16). The van der Waals surface area contributed by atoms with Crippen LogP contribution in [-0.2, 0) is 11.3 Å². The molecule has 94 valence electrons. The first kappa shape index (κ1) is 12.3. The van der Waals surface area contributed by atoms with Crippen LogP contribution in [-0.4, -0.2) is 37.0 Å². The average Bonchev–Trinajstić information content (AvgIpc) is 2.78. The average molecular weight is 256 g/mol. The lowest BCUT2D eigenvalue weighted by Gasteiger charge is -2.20. The molecule has 1 atom stereocenters. The van der Waals surface area contributed by atoms with Gasteiger partial charge < -0.3 is 5.11 Å². The highest BCUT2D eigenvalue weighted by Crippen LogP contribution is 2.36. The second-order valence-corrected chi connectivity index (χ2v) is 5.42. The minimum atomic E-state index is -0.772. The zero-order valence-corrected chi connectivity index (χ0v) is 10.4. The lowest BCUT2D eigenvalue weighted by Crippen LogP contribution is -2.12. The van der Waals surface area contributed by atoms with Gasteiger partial charge in [0.15, 0.2) is 5.82 Å². The molecule has 2 heterocycles. The van der Waals surface area contributed by atoms with Crippen molar-refractivity contribution in [1.82, 2.24) is 20.2 Å². The van der Waals surface area contributed by atoms with Crippen LogP contribution in [0.4, 0.5) is 0 Å². The number of thioether (sulfide) groups is 1. The Morgan fingerprint density at radius 1 is 1.53 bits per heavy atom. The first-order chi connectivity index (χ1) is 8.27. The predicted octanol–water partition coefficient (Wildman–Crippen LogP) is 1.50. The van der Waals surface area contributed by atoms with Crippen LogP contribution < -0.4 is 0 Å². The maximum atomic E-state index is 10.4. The number of aromatic nitrogens is 4. The number of tetrazole rings is 1. The Morgan fingerprint density at radius 3 is 3.12 bits per heavy atom. The van der Waals surface area contributed by atoms with Crippen molar-refractivity contribution >= 4 is 17.7 Å². The van der Waals surface area contributed by atoms with Gasteiger partial charge in [0, 0.05) is 13.0 Å². The first-order valence-electron chi connectivity index (χ1n) is 5.87. The Morgan fingerprint density at radius 2 is 2.41 bits per heavy atom. The molecule has 0 aliphatic carbocycles. The summed E-state index contributed by atoms with van der Waals surface area (Å²) in [6.07, 6.45) is 4.34. The molecular formula is C10H16N4O2S. The summed E-state index contributed by atoms with van der Waals surface area (Å²) in [5.41, 5.74) is 0. The van der Waals surface area contributed by atoms with Crippen LogP contribution in [0.5, 0.6) is 0 Å². The molecule has 2 rings (SSSR count). The summed E-state index contributed by atoms with van der Waals surface area (Å²) >= 11 is 1.90. The molecule has 1 saturated heterocycles. The Bertz CT molecular complexity index is 376. The summed E-state index contributed by atoms with van der Waals surface area (Å²) in [5.74, 6) is 1.29. The van der Waals surface area contributed by atoms with Gasteiger partial charge >= 0.3 is 5.97 Å². The summed E-state index contributed by atoms with van der Waals surface area (Å²) in [4.78, 5) is 10.4. The molecule has 6 nitrogen and oxygen atoms in total. The third kappa shape index (κ3) is 3.42. The number of aryl methyl sites for hydroxylation is 1. The van der Waals surface area contributed by atoms with Crippen molar-refractivity contribution in [2.24, 2.45) is 0 Å². The molecule has 1 aliphatic rings. The second kappa shape index (κ2) is 6.00. The summed E-state index contributed by atoms with van der Waals surface area (Å²) in [5, 5.41) is 20.7. The first-order valence-corrected chi connectivity index (χ1v) is 6.91. The normalized spacial score (nSPS) is 20.4. The van der Waals surface area contributed by atoms with Crippen LogP contribution in [0.1, 0.15) is 43.2 Å². The molecule has 0 amide bonds. The Labute approximate surface area is 104 Å². The van der Waals surface area contributed by atoms with Gasteiger partial charge in [-0.15, -0.1) is 5.10 Å². The molecule has 1 aromatic heterocycles. The fourth-order valence-corrected chi connectivity index (χ4v) is 3.23. The Kier molecular flexibility index (Phi) is 4.36. The van der Waals surface area contributed by atoms with E-state index in [1.54, 1.807) is 4.68 Å². The number of nitrogens with zero attached hydrogens (tertiary/aromatic N) is 4. The Hall–Kier alpha value is -1.11. The summed E-state index contributed by atoms with van der Waals surface area (Å²) in [6, 6.07) is 0. The van der Waals surface area contributed by atoms with Crippen molar-refractivity contribution in [3.8, 4) is 0 Å². The van der Waals surface area contributed by atoms with Gasteiger partial charge in [-0.25, -0.2) is 4.68 Å². The molecule has 0 saturated carbocycles. The van der Waals surface area contributed by atoms with Gasteiger partial charge in [0.25, 0.3) is 0 Å². The lowest BCUT2D eigenvalue weighted by atomic mass is 10.2. The summed E-state index contributed by atoms with van der Waals surface area (Å²) in [6.45, 7) is 0.589. The molecule has 0 spiro atoms. The molecule has 1 aromatic rings. The number of hydrogen-bond donors (Lipinski definition) is 1. The number of rotatable bonds is 5. The highest BCUT2D eigenvalue weighted by molar-refractivity contribution is 7.99.